The predicted molar refractivity (Wildman–Crippen MR) is 101 cm³/mol. The minimum Gasteiger partial charge on any atom is -0.344 e. The monoisotopic (exact) mass is 342 g/mol. The number of fused-ring (bicyclic) bond motifs is 1. The van der Waals surface area contributed by atoms with Gasteiger partial charge in [0.25, 0.3) is 5.89 Å². The van der Waals surface area contributed by atoms with Crippen molar-refractivity contribution in [2.45, 2.75) is 26.8 Å². The second-order valence-corrected chi connectivity index (χ2v) is 6.63. The Kier molecular flexibility index (Phi) is 3.81. The maximum atomic E-state index is 9.46. The Morgan fingerprint density at radius 2 is 1.96 bits per heavy atom. The molecule has 128 valence electrons. The molecule has 0 radical (unpaired) electrons. The lowest BCUT2D eigenvalue weighted by molar-refractivity contribution is 0.432. The molecule has 5 nitrogen and oxygen atoms in total. The third-order valence-corrected chi connectivity index (χ3v) is 4.57. The average molecular weight is 342 g/mol. The summed E-state index contributed by atoms with van der Waals surface area (Å²) in [5, 5.41) is 14.5. The van der Waals surface area contributed by atoms with E-state index in [1.54, 1.807) is 0 Å². The van der Waals surface area contributed by atoms with Crippen LogP contribution in [0, 0.1) is 18.3 Å². The summed E-state index contributed by atoms with van der Waals surface area (Å²) in [5.74, 6) is 1.02. The van der Waals surface area contributed by atoms with Crippen molar-refractivity contribution in [2.75, 3.05) is 0 Å². The van der Waals surface area contributed by atoms with E-state index in [9.17, 15) is 5.26 Å². The quantitative estimate of drug-likeness (QED) is 0.518. The second kappa shape index (κ2) is 6.16. The molecule has 0 amide bonds. The Morgan fingerprint density at radius 1 is 1.15 bits per heavy atom. The molecule has 0 fully saturated rings. The van der Waals surface area contributed by atoms with Crippen LogP contribution in [0.15, 0.2) is 53.2 Å². The van der Waals surface area contributed by atoms with Gasteiger partial charge in [-0.05, 0) is 44.5 Å². The standard InChI is InChI=1S/C21H18N4O/c1-13(2)25-12-16(11-22)18-10-15(8-9-19(18)25)21-23-20(24-26-21)17-7-5-4-6-14(17)3/h4-10,12-13H,1-3H3. The highest BCUT2D eigenvalue weighted by Gasteiger charge is 2.15. The third-order valence-electron chi connectivity index (χ3n) is 4.57. The Labute approximate surface area is 151 Å². The molecular formula is C21H18N4O. The van der Waals surface area contributed by atoms with Crippen LogP contribution in [-0.4, -0.2) is 14.7 Å². The number of hydrogen-bond acceptors (Lipinski definition) is 4. The first-order chi connectivity index (χ1) is 12.6. The summed E-state index contributed by atoms with van der Waals surface area (Å²) >= 11 is 0. The van der Waals surface area contributed by atoms with Gasteiger partial charge in [0.15, 0.2) is 0 Å². The highest BCUT2D eigenvalue weighted by atomic mass is 16.5. The first kappa shape index (κ1) is 16.1. The summed E-state index contributed by atoms with van der Waals surface area (Å²) in [4.78, 5) is 4.55. The molecule has 2 heterocycles. The molecule has 0 spiro atoms. The van der Waals surface area contributed by atoms with Gasteiger partial charge in [-0.25, -0.2) is 0 Å². The SMILES string of the molecule is Cc1ccccc1-c1noc(-c2ccc3c(c2)c(C#N)cn3C(C)C)n1. The number of nitriles is 1. The zero-order valence-electron chi connectivity index (χ0n) is 14.9. The summed E-state index contributed by atoms with van der Waals surface area (Å²) in [6, 6.07) is 16.4. The van der Waals surface area contributed by atoms with E-state index in [1.165, 1.54) is 0 Å². The maximum absolute atomic E-state index is 9.46. The molecule has 0 N–H and O–H groups in total. The van der Waals surface area contributed by atoms with Gasteiger partial charge in [-0.1, -0.05) is 29.4 Å². The van der Waals surface area contributed by atoms with E-state index in [4.69, 9.17) is 4.52 Å². The highest BCUT2D eigenvalue weighted by molar-refractivity contribution is 5.89. The molecular weight excluding hydrogens is 324 g/mol. The molecule has 0 aliphatic carbocycles. The van der Waals surface area contributed by atoms with Crippen LogP contribution in [-0.2, 0) is 0 Å². The van der Waals surface area contributed by atoms with Crippen LogP contribution in [0.1, 0.15) is 31.0 Å². The van der Waals surface area contributed by atoms with Gasteiger partial charge in [-0.3, -0.25) is 0 Å². The molecule has 0 saturated carbocycles. The smallest absolute Gasteiger partial charge is 0.258 e. The van der Waals surface area contributed by atoms with E-state index < -0.39 is 0 Å². The Hall–Kier alpha value is -3.39. The van der Waals surface area contributed by atoms with E-state index in [0.29, 0.717) is 17.3 Å². The van der Waals surface area contributed by atoms with Gasteiger partial charge in [0.05, 0.1) is 5.56 Å². The number of aromatic nitrogens is 3. The average Bonchev–Trinajstić information content (AvgIpc) is 3.26. The van der Waals surface area contributed by atoms with E-state index in [-0.39, 0.29) is 6.04 Å². The van der Waals surface area contributed by atoms with Crippen molar-refractivity contribution < 1.29 is 4.52 Å². The molecule has 26 heavy (non-hydrogen) atoms. The van der Waals surface area contributed by atoms with E-state index >= 15 is 0 Å². The summed E-state index contributed by atoms with van der Waals surface area (Å²) in [6.45, 7) is 6.22. The number of benzene rings is 2. The van der Waals surface area contributed by atoms with Gasteiger partial charge in [-0.2, -0.15) is 10.2 Å². The first-order valence-corrected chi connectivity index (χ1v) is 8.53. The molecule has 2 aromatic heterocycles. The predicted octanol–water partition coefficient (Wildman–Crippen LogP) is 5.12. The zero-order chi connectivity index (χ0) is 18.3. The Morgan fingerprint density at radius 3 is 2.69 bits per heavy atom. The van der Waals surface area contributed by atoms with Crippen LogP contribution >= 0.6 is 0 Å². The van der Waals surface area contributed by atoms with Gasteiger partial charge in [-0.15, -0.1) is 0 Å². The van der Waals surface area contributed by atoms with E-state index in [2.05, 4.69) is 34.6 Å². The molecule has 0 aliphatic rings. The summed E-state index contributed by atoms with van der Waals surface area (Å²) in [6.07, 6.45) is 1.89. The second-order valence-electron chi connectivity index (χ2n) is 6.63. The fourth-order valence-electron chi connectivity index (χ4n) is 3.18. The fourth-order valence-corrected chi connectivity index (χ4v) is 3.18. The lowest BCUT2D eigenvalue weighted by atomic mass is 10.1. The number of hydrogen-bond donors (Lipinski definition) is 0. The van der Waals surface area contributed by atoms with Crippen molar-refractivity contribution in [2.24, 2.45) is 0 Å². The van der Waals surface area contributed by atoms with Gasteiger partial charge in [0.1, 0.15) is 6.07 Å². The highest BCUT2D eigenvalue weighted by Crippen LogP contribution is 2.30. The first-order valence-electron chi connectivity index (χ1n) is 8.53. The van der Waals surface area contributed by atoms with Gasteiger partial charge in [0, 0.05) is 34.3 Å². The minimum absolute atomic E-state index is 0.279. The molecule has 0 saturated heterocycles. The van der Waals surface area contributed by atoms with Crippen molar-refractivity contribution in [3.63, 3.8) is 0 Å². The maximum Gasteiger partial charge on any atom is 0.258 e. The molecule has 5 heteroatoms. The topological polar surface area (TPSA) is 67.6 Å². The lowest BCUT2D eigenvalue weighted by Crippen LogP contribution is -1.97. The molecule has 0 unspecified atom stereocenters. The van der Waals surface area contributed by atoms with Gasteiger partial charge >= 0.3 is 0 Å². The molecule has 0 aliphatic heterocycles. The van der Waals surface area contributed by atoms with Crippen molar-refractivity contribution in [3.05, 3.63) is 59.8 Å². The number of rotatable bonds is 3. The van der Waals surface area contributed by atoms with Crippen LogP contribution in [0.3, 0.4) is 0 Å². The summed E-state index contributed by atoms with van der Waals surface area (Å²) in [7, 11) is 0. The molecule has 0 bridgehead atoms. The van der Waals surface area contributed by atoms with Crippen LogP contribution < -0.4 is 0 Å². The largest absolute Gasteiger partial charge is 0.344 e. The molecule has 4 rings (SSSR count). The number of nitrogens with zero attached hydrogens (tertiary/aromatic N) is 4. The fraction of sp³-hybridized carbons (Fsp3) is 0.190. The van der Waals surface area contributed by atoms with Crippen molar-refractivity contribution in [3.8, 4) is 28.9 Å². The van der Waals surface area contributed by atoms with Crippen molar-refractivity contribution in [1.82, 2.24) is 14.7 Å². The van der Waals surface area contributed by atoms with Crippen LogP contribution in [0.25, 0.3) is 33.7 Å². The van der Waals surface area contributed by atoms with Crippen LogP contribution in [0.5, 0.6) is 0 Å². The summed E-state index contributed by atoms with van der Waals surface area (Å²) in [5.41, 5.74) is 4.53. The Bertz CT molecular complexity index is 1140. The van der Waals surface area contributed by atoms with E-state index in [0.717, 1.165) is 27.6 Å². The molecule has 2 aromatic carbocycles. The summed E-state index contributed by atoms with van der Waals surface area (Å²) < 4.78 is 7.59. The molecule has 0 atom stereocenters. The minimum atomic E-state index is 0.279. The Balaban J connectivity index is 1.81. The van der Waals surface area contributed by atoms with Crippen molar-refractivity contribution in [1.29, 1.82) is 5.26 Å². The molecule has 4 aromatic rings. The zero-order valence-corrected chi connectivity index (χ0v) is 14.9. The lowest BCUT2D eigenvalue weighted by Gasteiger charge is -2.08. The third kappa shape index (κ3) is 2.56. The van der Waals surface area contributed by atoms with Crippen LogP contribution in [0.4, 0.5) is 0 Å². The van der Waals surface area contributed by atoms with Gasteiger partial charge in [0.2, 0.25) is 5.82 Å². The van der Waals surface area contributed by atoms with Crippen LogP contribution in [0.2, 0.25) is 0 Å². The van der Waals surface area contributed by atoms with Crippen molar-refractivity contribution >= 4 is 10.9 Å². The number of aryl methyl sites for hydroxylation is 1. The van der Waals surface area contributed by atoms with Gasteiger partial charge < -0.3 is 9.09 Å². The normalized spacial score (nSPS) is 11.2. The van der Waals surface area contributed by atoms with E-state index in [1.807, 2.05) is 55.6 Å².